The van der Waals surface area contributed by atoms with E-state index in [1.165, 1.54) is 0 Å². The third kappa shape index (κ3) is 21.7. The summed E-state index contributed by atoms with van der Waals surface area (Å²) in [5.41, 5.74) is 34.8. The van der Waals surface area contributed by atoms with E-state index in [0.717, 1.165) is 22.3 Å². The van der Waals surface area contributed by atoms with Crippen LogP contribution < -0.4 is 22.9 Å². The molecule has 7 aliphatic heterocycles. The fourth-order valence-electron chi connectivity index (χ4n) is 10.8. The Hall–Kier alpha value is -10.6. The van der Waals surface area contributed by atoms with Crippen LogP contribution in [0, 0.1) is 0 Å². The van der Waals surface area contributed by atoms with Gasteiger partial charge in [-0.3, -0.25) is 38.4 Å². The van der Waals surface area contributed by atoms with Crippen LogP contribution in [0.25, 0.3) is 0 Å². The molecule has 0 aromatic heterocycles. The standard InChI is InChI=1S/C76H80N8O12/c77-65(37-69(85)93-49-61-13-5-1-6-14-61)73(89)81-41-53-21-25-55(26-22-53)43-82(74(90)66(78)38-70(86)94-50-62-15-7-2-8-16-62)45-57-29-33-59(34-30-57)47-84(76(92)68(80)40-72(88)96-52-64-19-11-4-12-20-64)48-60-35-31-58(32-36-60)46-83(44-56-27-23-54(42-81)24-28-56)75(91)67(79)39-71(87)95-51-63-17-9-3-10-18-63/h1-36,65-68H,37-52,77-80H2/t65-,66-,67-,68-/m1/s1. The lowest BCUT2D eigenvalue weighted by Crippen LogP contribution is -2.44. The van der Waals surface area contributed by atoms with Crippen molar-refractivity contribution in [3.05, 3.63) is 285 Å². The first-order chi connectivity index (χ1) is 46.5. The molecule has 4 amide bonds. The Kier molecular flexibility index (Phi) is 25.4. The normalized spacial score (nSPS) is 14.1. The molecule has 0 spiro atoms. The van der Waals surface area contributed by atoms with Crippen molar-refractivity contribution >= 4 is 47.5 Å². The molecule has 0 fully saturated rings. The summed E-state index contributed by atoms with van der Waals surface area (Å²) in [4.78, 5) is 117. The summed E-state index contributed by atoms with van der Waals surface area (Å²) in [6.07, 6.45) is -1.55. The Morgan fingerprint density at radius 3 is 0.542 bits per heavy atom. The molecule has 496 valence electrons. The number of nitrogens with zero attached hydrogens (tertiary/aromatic N) is 4. The molecule has 4 atom stereocenters. The van der Waals surface area contributed by atoms with Gasteiger partial charge in [0.15, 0.2) is 0 Å². The Morgan fingerprint density at radius 2 is 0.396 bits per heavy atom. The Balaban J connectivity index is 1.01. The molecule has 96 heavy (non-hydrogen) atoms. The minimum atomic E-state index is -1.27. The van der Waals surface area contributed by atoms with Gasteiger partial charge in [0.1, 0.15) is 26.4 Å². The average molecular weight is 1300 g/mol. The Bertz CT molecular complexity index is 3260. The fourth-order valence-corrected chi connectivity index (χ4v) is 10.8. The van der Waals surface area contributed by atoms with E-state index in [9.17, 15) is 38.4 Å². The van der Waals surface area contributed by atoms with Gasteiger partial charge in [-0.1, -0.05) is 218 Å². The van der Waals surface area contributed by atoms with Crippen LogP contribution in [-0.2, 0) is 136 Å². The van der Waals surface area contributed by atoms with Gasteiger partial charge in [0, 0.05) is 52.4 Å². The maximum atomic E-state index is 14.5. The topological polar surface area (TPSA) is 291 Å². The highest BCUT2D eigenvalue weighted by molar-refractivity contribution is 5.89. The number of amides is 4. The van der Waals surface area contributed by atoms with E-state index in [1.807, 2.05) is 218 Å². The molecule has 20 nitrogen and oxygen atoms in total. The molecule has 20 heteroatoms. The minimum Gasteiger partial charge on any atom is -0.461 e. The number of rotatable bonds is 20. The van der Waals surface area contributed by atoms with Crippen LogP contribution in [0.3, 0.4) is 0 Å². The molecule has 8 aromatic carbocycles. The lowest BCUT2D eigenvalue weighted by atomic mass is 10.0. The zero-order valence-electron chi connectivity index (χ0n) is 53.4. The van der Waals surface area contributed by atoms with Crippen LogP contribution >= 0.6 is 0 Å². The van der Waals surface area contributed by atoms with Crippen molar-refractivity contribution in [3.63, 3.8) is 0 Å². The fraction of sp³-hybridized carbons (Fsp3) is 0.263. The molecule has 8 bridgehead atoms. The van der Waals surface area contributed by atoms with Gasteiger partial charge in [0.25, 0.3) is 0 Å². The van der Waals surface area contributed by atoms with E-state index in [1.54, 1.807) is 19.6 Å². The maximum Gasteiger partial charge on any atom is 0.308 e. The van der Waals surface area contributed by atoms with Crippen molar-refractivity contribution in [1.29, 1.82) is 0 Å². The van der Waals surface area contributed by atoms with E-state index < -0.39 is 71.7 Å². The molecule has 0 unspecified atom stereocenters. The van der Waals surface area contributed by atoms with Gasteiger partial charge in [-0.25, -0.2) is 0 Å². The molecule has 0 saturated carbocycles. The minimum absolute atomic E-state index is 0.00549. The molecule has 0 aliphatic carbocycles. The smallest absolute Gasteiger partial charge is 0.308 e. The average Bonchev–Trinajstić information content (AvgIpc) is 1.07. The SMILES string of the molecule is N[C@H](CC(=O)OCc1ccccc1)C(=O)N1Cc2ccc(cc2)CN(C(=O)[C@H](N)CC(=O)OCc2ccccc2)Cc2ccc(cc2)CN(C(=O)[C@H](N)CC(=O)OCc2ccccc2)Cc2ccc(cc2)CN(C(=O)[C@H](N)CC(=O)OCc2ccccc2)Cc2ccc(cc2)C1. The van der Waals surface area contributed by atoms with Crippen molar-refractivity contribution in [1.82, 2.24) is 19.6 Å². The summed E-state index contributed by atoms with van der Waals surface area (Å²) in [7, 11) is 0. The van der Waals surface area contributed by atoms with Gasteiger partial charge in [-0.15, -0.1) is 0 Å². The first-order valence-electron chi connectivity index (χ1n) is 31.7. The highest BCUT2D eigenvalue weighted by Gasteiger charge is 2.30. The highest BCUT2D eigenvalue weighted by Crippen LogP contribution is 2.23. The largest absolute Gasteiger partial charge is 0.461 e. The van der Waals surface area contributed by atoms with Gasteiger partial charge < -0.3 is 61.5 Å². The number of carbonyl (C=O) groups excluding carboxylic acids is 8. The van der Waals surface area contributed by atoms with Crippen LogP contribution in [-0.4, -0.2) is 91.3 Å². The Labute approximate surface area is 558 Å². The maximum absolute atomic E-state index is 14.5. The summed E-state index contributed by atoms with van der Waals surface area (Å²) in [6.45, 7) is 0.479. The summed E-state index contributed by atoms with van der Waals surface area (Å²) in [5.74, 6) is -4.66. The molecule has 8 N–H and O–H groups in total. The van der Waals surface area contributed by atoms with Crippen LogP contribution in [0.15, 0.2) is 218 Å². The van der Waals surface area contributed by atoms with Crippen LogP contribution in [0.1, 0.15) is 92.4 Å². The van der Waals surface area contributed by atoms with Crippen LogP contribution in [0.4, 0.5) is 0 Å². The van der Waals surface area contributed by atoms with Gasteiger partial charge in [0.2, 0.25) is 23.6 Å². The van der Waals surface area contributed by atoms with Crippen molar-refractivity contribution in [2.75, 3.05) is 0 Å². The monoisotopic (exact) mass is 1300 g/mol. The van der Waals surface area contributed by atoms with E-state index in [2.05, 4.69) is 0 Å². The summed E-state index contributed by atoms with van der Waals surface area (Å²) in [5, 5.41) is 0. The quantitative estimate of drug-likeness (QED) is 0.0416. The molecule has 0 saturated heterocycles. The van der Waals surface area contributed by atoms with Crippen molar-refractivity contribution < 1.29 is 57.3 Å². The van der Waals surface area contributed by atoms with Crippen molar-refractivity contribution in [3.8, 4) is 0 Å². The number of esters is 4. The van der Waals surface area contributed by atoms with Gasteiger partial charge in [0.05, 0.1) is 49.9 Å². The lowest BCUT2D eigenvalue weighted by molar-refractivity contribution is -0.148. The molecule has 0 radical (unpaired) electrons. The number of hydrogen-bond acceptors (Lipinski definition) is 16. The van der Waals surface area contributed by atoms with Gasteiger partial charge >= 0.3 is 23.9 Å². The zero-order valence-corrected chi connectivity index (χ0v) is 53.4. The first kappa shape index (κ1) is 69.7. The van der Waals surface area contributed by atoms with Gasteiger partial charge in [-0.2, -0.15) is 0 Å². The molecule has 15 rings (SSSR count). The number of benzene rings is 8. The second kappa shape index (κ2) is 35.0. The second-order valence-corrected chi connectivity index (χ2v) is 23.9. The van der Waals surface area contributed by atoms with Gasteiger partial charge in [-0.05, 0) is 66.8 Å². The van der Waals surface area contributed by atoms with E-state index >= 15 is 0 Å². The third-order valence-corrected chi connectivity index (χ3v) is 16.1. The van der Waals surface area contributed by atoms with E-state index in [4.69, 9.17) is 41.9 Å². The Morgan fingerprint density at radius 1 is 0.250 bits per heavy atom. The van der Waals surface area contributed by atoms with Crippen molar-refractivity contribution in [2.45, 2.75) is 129 Å². The number of hydrogen-bond donors (Lipinski definition) is 4. The van der Waals surface area contributed by atoms with Crippen molar-refractivity contribution in [2.24, 2.45) is 22.9 Å². The second-order valence-electron chi connectivity index (χ2n) is 23.9. The van der Waals surface area contributed by atoms with Crippen LogP contribution in [0.2, 0.25) is 0 Å². The third-order valence-electron chi connectivity index (χ3n) is 16.1. The highest BCUT2D eigenvalue weighted by atomic mass is 16.5. The summed E-state index contributed by atoms with van der Waals surface area (Å²) < 4.78 is 22.0. The molecule has 7 heterocycles. The summed E-state index contributed by atoms with van der Waals surface area (Å²) in [6, 6.07) is 60.7. The van der Waals surface area contributed by atoms with E-state index in [-0.39, 0.29) is 104 Å². The molecule has 7 aliphatic rings. The predicted octanol–water partition coefficient (Wildman–Crippen LogP) is 7.96. The predicted molar refractivity (Wildman–Crippen MR) is 358 cm³/mol. The number of carbonyl (C=O) groups is 8. The summed E-state index contributed by atoms with van der Waals surface area (Å²) >= 11 is 0. The van der Waals surface area contributed by atoms with Crippen LogP contribution in [0.5, 0.6) is 0 Å². The molecular formula is C76H80N8O12. The lowest BCUT2D eigenvalue weighted by Gasteiger charge is -2.28. The number of ether oxygens (including phenoxy) is 4. The number of nitrogens with two attached hydrogens (primary N) is 4. The molecule has 8 aromatic rings. The zero-order chi connectivity index (χ0) is 67.8. The first-order valence-corrected chi connectivity index (χ1v) is 31.7. The molecular weight excluding hydrogens is 1220 g/mol. The van der Waals surface area contributed by atoms with E-state index in [0.29, 0.717) is 44.5 Å².